The quantitative estimate of drug-likeness (QED) is 0.145. The first-order valence-corrected chi connectivity index (χ1v) is 18.6. The van der Waals surface area contributed by atoms with Crippen LogP contribution in [0.4, 0.5) is 16.2 Å². The number of piperazine rings is 1. The lowest BCUT2D eigenvalue weighted by Crippen LogP contribution is -2.46. The van der Waals surface area contributed by atoms with E-state index in [1.165, 1.54) is 11.6 Å². The zero-order valence-electron chi connectivity index (χ0n) is 29.7. The van der Waals surface area contributed by atoms with Crippen LogP contribution >= 0.6 is 27.5 Å². The number of piperidine rings is 1. The van der Waals surface area contributed by atoms with Gasteiger partial charge in [0.15, 0.2) is 0 Å². The van der Waals surface area contributed by atoms with E-state index in [4.69, 9.17) is 35.4 Å². The van der Waals surface area contributed by atoms with Gasteiger partial charge in [0.2, 0.25) is 11.5 Å². The summed E-state index contributed by atoms with van der Waals surface area (Å²) in [7, 11) is 0. The van der Waals surface area contributed by atoms with E-state index < -0.39 is 17.5 Å². The number of anilines is 2. The maximum atomic E-state index is 12.1. The van der Waals surface area contributed by atoms with Gasteiger partial charge in [-0.2, -0.15) is 0 Å². The lowest BCUT2D eigenvalue weighted by molar-refractivity contribution is 0.0210. The van der Waals surface area contributed by atoms with E-state index in [9.17, 15) is 14.4 Å². The van der Waals surface area contributed by atoms with Crippen LogP contribution in [-0.4, -0.2) is 89.0 Å². The van der Waals surface area contributed by atoms with E-state index in [1.807, 2.05) is 63.2 Å². The Balaban J connectivity index is 0.000000182. The molecule has 7 rings (SSSR count). The molecule has 0 bridgehead atoms. The molecule has 3 N–H and O–H groups in total. The van der Waals surface area contributed by atoms with Gasteiger partial charge in [-0.15, -0.1) is 0 Å². The van der Waals surface area contributed by atoms with Crippen molar-refractivity contribution in [3.63, 3.8) is 0 Å². The SMILES string of the molecule is CC(C)(C)OC(=O)N1CCC(Nc2ccc3oc(C(=O)O)cc3c2)CC1.O=C(O)c1cc2c(Br)c(N3CCN(Cc4cccc(Cl)c4)CC3)ccc2o1. The molecule has 2 aliphatic heterocycles. The summed E-state index contributed by atoms with van der Waals surface area (Å²) in [4.78, 5) is 40.7. The third-order valence-electron chi connectivity index (χ3n) is 9.08. The summed E-state index contributed by atoms with van der Waals surface area (Å²) in [5.41, 5.74) is 3.82. The van der Waals surface area contributed by atoms with E-state index in [0.717, 1.165) is 77.2 Å². The van der Waals surface area contributed by atoms with Crippen LogP contribution < -0.4 is 10.2 Å². The van der Waals surface area contributed by atoms with Crippen LogP contribution in [-0.2, 0) is 11.3 Å². The van der Waals surface area contributed by atoms with Gasteiger partial charge in [-0.1, -0.05) is 23.7 Å². The second-order valence-electron chi connectivity index (χ2n) is 14.2. The number of nitrogens with one attached hydrogen (secondary N) is 1. The molecule has 3 aromatic carbocycles. The molecule has 12 nitrogen and oxygen atoms in total. The molecular formula is C39H42BrClN4O8. The number of fused-ring (bicyclic) bond motifs is 2. The molecule has 0 spiro atoms. The maximum absolute atomic E-state index is 12.1. The highest BCUT2D eigenvalue weighted by molar-refractivity contribution is 9.10. The summed E-state index contributed by atoms with van der Waals surface area (Å²) < 4.78 is 16.9. The van der Waals surface area contributed by atoms with Gasteiger partial charge in [-0.25, -0.2) is 14.4 Å². The molecule has 53 heavy (non-hydrogen) atoms. The number of benzene rings is 3. The van der Waals surface area contributed by atoms with Crippen LogP contribution in [0.5, 0.6) is 0 Å². The minimum atomic E-state index is -1.08. The van der Waals surface area contributed by atoms with Gasteiger partial charge in [0.1, 0.15) is 16.8 Å². The fraction of sp³-hybridized carbons (Fsp3) is 0.359. The largest absolute Gasteiger partial charge is 0.475 e. The number of halogens is 2. The smallest absolute Gasteiger partial charge is 0.410 e. The number of carbonyl (C=O) groups excluding carboxylic acids is 1. The number of aromatic carboxylic acids is 2. The summed E-state index contributed by atoms with van der Waals surface area (Å²) in [6.07, 6.45) is 1.38. The average molecular weight is 810 g/mol. The number of likely N-dealkylation sites (tertiary alicyclic amines) is 1. The number of hydrogen-bond acceptors (Lipinski definition) is 9. The lowest BCUT2D eigenvalue weighted by Gasteiger charge is -2.36. The van der Waals surface area contributed by atoms with Crippen molar-refractivity contribution in [3.8, 4) is 0 Å². The van der Waals surface area contributed by atoms with Gasteiger partial charge in [0.25, 0.3) is 0 Å². The first-order chi connectivity index (χ1) is 25.2. The first-order valence-electron chi connectivity index (χ1n) is 17.4. The van der Waals surface area contributed by atoms with Gasteiger partial charge in [0, 0.05) is 79.4 Å². The Hall–Kier alpha value is -4.72. The fourth-order valence-corrected chi connectivity index (χ4v) is 7.37. The van der Waals surface area contributed by atoms with Gasteiger partial charge in [-0.05, 0) is 104 Å². The Morgan fingerprint density at radius 3 is 2.19 bits per heavy atom. The van der Waals surface area contributed by atoms with E-state index in [2.05, 4.69) is 37.1 Å². The lowest BCUT2D eigenvalue weighted by atomic mass is 10.0. The van der Waals surface area contributed by atoms with Crippen molar-refractivity contribution >= 4 is 78.9 Å². The molecule has 14 heteroatoms. The van der Waals surface area contributed by atoms with E-state index >= 15 is 0 Å². The number of ether oxygens (including phenoxy) is 1. The van der Waals surface area contributed by atoms with Crippen LogP contribution in [0.1, 0.15) is 60.3 Å². The van der Waals surface area contributed by atoms with E-state index in [-0.39, 0.29) is 23.7 Å². The van der Waals surface area contributed by atoms with Gasteiger partial charge >= 0.3 is 18.0 Å². The van der Waals surface area contributed by atoms with Crippen molar-refractivity contribution in [2.24, 2.45) is 0 Å². The molecular weight excluding hydrogens is 768 g/mol. The predicted molar refractivity (Wildman–Crippen MR) is 207 cm³/mol. The van der Waals surface area contributed by atoms with Crippen LogP contribution in [0.15, 0.2) is 80.0 Å². The van der Waals surface area contributed by atoms with E-state index in [1.54, 1.807) is 17.0 Å². The van der Waals surface area contributed by atoms with Gasteiger partial charge in [-0.3, -0.25) is 4.90 Å². The summed E-state index contributed by atoms with van der Waals surface area (Å²) in [5.74, 6) is -2.25. The minimum absolute atomic E-state index is 0.0470. The third-order valence-corrected chi connectivity index (χ3v) is 10.1. The Bertz CT molecular complexity index is 2110. The predicted octanol–water partition coefficient (Wildman–Crippen LogP) is 8.81. The highest BCUT2D eigenvalue weighted by Gasteiger charge is 2.27. The number of hydrogen-bond donors (Lipinski definition) is 3. The molecule has 4 heterocycles. The Labute approximate surface area is 320 Å². The Kier molecular flexibility index (Phi) is 11.6. The molecule has 1 amide bonds. The maximum Gasteiger partial charge on any atom is 0.410 e. The normalized spacial score (nSPS) is 15.6. The van der Waals surface area contributed by atoms with Gasteiger partial charge < -0.3 is 38.9 Å². The molecule has 2 fully saturated rings. The Morgan fingerprint density at radius 2 is 1.53 bits per heavy atom. The topological polar surface area (TPSA) is 149 Å². The number of nitrogens with zero attached hydrogens (tertiary/aromatic N) is 3. The third kappa shape index (κ3) is 9.64. The van der Waals surface area contributed by atoms with Crippen LogP contribution in [0.25, 0.3) is 21.9 Å². The monoisotopic (exact) mass is 808 g/mol. The summed E-state index contributed by atoms with van der Waals surface area (Å²) in [5, 5.41) is 23.9. The molecule has 0 aliphatic carbocycles. The number of carboxylic acid groups (broad SMARTS) is 2. The van der Waals surface area contributed by atoms with E-state index in [0.29, 0.717) is 24.3 Å². The van der Waals surface area contributed by atoms with Crippen molar-refractivity contribution in [1.29, 1.82) is 0 Å². The minimum Gasteiger partial charge on any atom is -0.475 e. The molecule has 0 radical (unpaired) electrons. The molecule has 0 unspecified atom stereocenters. The zero-order valence-corrected chi connectivity index (χ0v) is 32.1. The highest BCUT2D eigenvalue weighted by Crippen LogP contribution is 2.36. The highest BCUT2D eigenvalue weighted by atomic mass is 79.9. The van der Waals surface area contributed by atoms with Crippen molar-refractivity contribution in [1.82, 2.24) is 9.80 Å². The number of rotatable bonds is 7. The standard InChI is InChI=1S/C20H18BrClN2O3.C19H24N2O5/c21-19-15-11-18(20(25)26)27-17(15)5-4-16(19)24-8-6-23(7-9-24)12-13-2-1-3-14(22)10-13;1-19(2,3)26-18(24)21-8-6-13(7-9-21)20-14-4-5-15-12(10-14)11-16(25-15)17(22)23/h1-5,10-11H,6-9,12H2,(H,25,26);4-5,10-11,13,20H,6-9H2,1-3H3,(H,22,23). The number of carboxylic acids is 2. The molecule has 2 saturated heterocycles. The van der Waals surface area contributed by atoms with Gasteiger partial charge in [0.05, 0.1) is 10.2 Å². The second-order valence-corrected chi connectivity index (χ2v) is 15.4. The van der Waals surface area contributed by atoms with Crippen LogP contribution in [0.3, 0.4) is 0 Å². The average Bonchev–Trinajstić information content (AvgIpc) is 3.75. The van der Waals surface area contributed by atoms with Crippen LogP contribution in [0.2, 0.25) is 5.02 Å². The van der Waals surface area contributed by atoms with Crippen molar-refractivity contribution in [2.45, 2.75) is 51.8 Å². The zero-order chi connectivity index (χ0) is 37.9. The number of amides is 1. The number of carbonyl (C=O) groups is 3. The summed E-state index contributed by atoms with van der Waals surface area (Å²) >= 11 is 9.71. The first kappa shape index (κ1) is 38.0. The second kappa shape index (κ2) is 16.1. The van der Waals surface area contributed by atoms with Crippen molar-refractivity contribution in [3.05, 3.63) is 93.3 Å². The Morgan fingerprint density at radius 1 is 0.868 bits per heavy atom. The molecule has 280 valence electrons. The molecule has 2 aliphatic rings. The van der Waals surface area contributed by atoms with Crippen molar-refractivity contribution in [2.75, 3.05) is 49.5 Å². The summed E-state index contributed by atoms with van der Waals surface area (Å²) in [6, 6.07) is 20.7. The van der Waals surface area contributed by atoms with Crippen LogP contribution in [0, 0.1) is 0 Å². The fourth-order valence-electron chi connectivity index (χ4n) is 6.46. The molecule has 5 aromatic rings. The molecule has 2 aromatic heterocycles. The van der Waals surface area contributed by atoms with Crippen molar-refractivity contribution < 1.29 is 38.2 Å². The summed E-state index contributed by atoms with van der Waals surface area (Å²) in [6.45, 7) is 11.4. The molecule has 0 atom stereocenters. The molecule has 0 saturated carbocycles. The number of furan rings is 2.